The monoisotopic (exact) mass is 906 g/mol. The van der Waals surface area contributed by atoms with Gasteiger partial charge in [-0.05, 0) is 114 Å². The standard InChI is InChI=1S/C65H43ClOS/c1-64(2)49-25-10-8-21-43(49)44-35-34-40(38-54(44)64)41-20-6-7-22-45(41)59(48-37-36-42(39-18-4-3-5-19-39)63-60(48)46-23-9-13-31-56(46)67-63)47-24-16-28-52-61(47)62-53(29-17-30-55(62)66)65(52)50-26-11-14-32-57(50)68-58-33-15-12-27-51(58)65/h3-38,59H,1-2H3. The van der Waals surface area contributed by atoms with Crippen LogP contribution >= 0.6 is 23.4 Å². The van der Waals surface area contributed by atoms with E-state index in [0.717, 1.165) is 43.7 Å². The molecule has 10 aromatic carbocycles. The van der Waals surface area contributed by atoms with E-state index < -0.39 is 5.41 Å². The fourth-order valence-electron chi connectivity index (χ4n) is 12.5. The van der Waals surface area contributed by atoms with Gasteiger partial charge in [-0.3, -0.25) is 0 Å². The van der Waals surface area contributed by atoms with Crippen molar-refractivity contribution in [2.75, 3.05) is 0 Å². The molecule has 3 heteroatoms. The van der Waals surface area contributed by atoms with Gasteiger partial charge in [0.15, 0.2) is 0 Å². The third kappa shape index (κ3) is 5.42. The van der Waals surface area contributed by atoms with Gasteiger partial charge in [0.1, 0.15) is 11.2 Å². The van der Waals surface area contributed by atoms with Gasteiger partial charge in [0.2, 0.25) is 0 Å². The molecule has 14 rings (SSSR count). The first-order chi connectivity index (χ1) is 33.4. The number of hydrogen-bond donors (Lipinski definition) is 0. The van der Waals surface area contributed by atoms with E-state index in [1.54, 1.807) is 0 Å². The molecule has 2 aliphatic carbocycles. The van der Waals surface area contributed by atoms with Crippen LogP contribution in [-0.2, 0) is 10.8 Å². The number of benzene rings is 10. The molecular weight excluding hydrogens is 864 g/mol. The molecule has 0 bridgehead atoms. The number of furan rings is 1. The van der Waals surface area contributed by atoms with Gasteiger partial charge in [-0.2, -0.15) is 0 Å². The Hall–Kier alpha value is -7.36. The fourth-order valence-corrected chi connectivity index (χ4v) is 14.0. The van der Waals surface area contributed by atoms with Crippen LogP contribution < -0.4 is 0 Å². The molecule has 0 N–H and O–H groups in total. The van der Waals surface area contributed by atoms with Crippen molar-refractivity contribution in [2.45, 2.75) is 40.4 Å². The second-order valence-corrected chi connectivity index (χ2v) is 20.6. The average molecular weight is 908 g/mol. The molecule has 0 saturated heterocycles. The summed E-state index contributed by atoms with van der Waals surface area (Å²) in [6.07, 6.45) is 0. The van der Waals surface area contributed by atoms with Crippen LogP contribution in [0.1, 0.15) is 69.8 Å². The van der Waals surface area contributed by atoms with Crippen LogP contribution in [0.2, 0.25) is 5.02 Å². The molecule has 0 radical (unpaired) electrons. The normalized spacial score (nSPS) is 14.8. The van der Waals surface area contributed by atoms with Gasteiger partial charge in [-0.25, -0.2) is 0 Å². The van der Waals surface area contributed by atoms with Gasteiger partial charge in [0.25, 0.3) is 0 Å². The highest BCUT2D eigenvalue weighted by Crippen LogP contribution is 2.65. The Morgan fingerprint density at radius 1 is 0.426 bits per heavy atom. The van der Waals surface area contributed by atoms with Gasteiger partial charge < -0.3 is 4.42 Å². The maximum atomic E-state index is 7.69. The third-order valence-electron chi connectivity index (χ3n) is 15.4. The van der Waals surface area contributed by atoms with E-state index >= 15 is 0 Å². The fraction of sp³-hybridized carbons (Fsp3) is 0.0769. The summed E-state index contributed by atoms with van der Waals surface area (Å²) in [5.41, 5.74) is 22.0. The molecular formula is C65H43ClOS. The molecule has 2 heterocycles. The summed E-state index contributed by atoms with van der Waals surface area (Å²) in [5, 5.41) is 2.98. The highest BCUT2D eigenvalue weighted by atomic mass is 35.5. The van der Waals surface area contributed by atoms with E-state index in [1.807, 2.05) is 11.8 Å². The van der Waals surface area contributed by atoms with Crippen molar-refractivity contribution < 1.29 is 4.42 Å². The minimum Gasteiger partial charge on any atom is -0.455 e. The van der Waals surface area contributed by atoms with Crippen molar-refractivity contribution in [3.8, 4) is 44.5 Å². The molecule has 1 aliphatic heterocycles. The van der Waals surface area contributed by atoms with Crippen molar-refractivity contribution in [1.29, 1.82) is 0 Å². The van der Waals surface area contributed by atoms with Crippen LogP contribution in [0.15, 0.2) is 233 Å². The van der Waals surface area contributed by atoms with Crippen LogP contribution in [0.5, 0.6) is 0 Å². The van der Waals surface area contributed by atoms with Gasteiger partial charge in [0.05, 0.1) is 5.41 Å². The van der Waals surface area contributed by atoms with Crippen molar-refractivity contribution in [3.05, 3.63) is 273 Å². The summed E-state index contributed by atoms with van der Waals surface area (Å²) in [5.74, 6) is -0.254. The van der Waals surface area contributed by atoms with Crippen molar-refractivity contribution in [2.24, 2.45) is 0 Å². The van der Waals surface area contributed by atoms with Crippen LogP contribution in [0, 0.1) is 0 Å². The number of para-hydroxylation sites is 1. The molecule has 0 amide bonds. The van der Waals surface area contributed by atoms with E-state index in [9.17, 15) is 0 Å². The molecule has 0 fully saturated rings. The maximum absolute atomic E-state index is 7.69. The smallest absolute Gasteiger partial charge is 0.143 e. The van der Waals surface area contributed by atoms with E-state index in [0.29, 0.717) is 0 Å². The first kappa shape index (κ1) is 39.8. The van der Waals surface area contributed by atoms with Gasteiger partial charge >= 0.3 is 0 Å². The summed E-state index contributed by atoms with van der Waals surface area (Å²) >= 11 is 9.56. The lowest BCUT2D eigenvalue weighted by Crippen LogP contribution is -2.32. The van der Waals surface area contributed by atoms with Crippen molar-refractivity contribution in [1.82, 2.24) is 0 Å². The van der Waals surface area contributed by atoms with Crippen LogP contribution in [0.25, 0.3) is 66.4 Å². The lowest BCUT2D eigenvalue weighted by molar-refractivity contribution is 0.660. The summed E-state index contributed by atoms with van der Waals surface area (Å²) in [6, 6.07) is 80.7. The number of fused-ring (bicyclic) bond motifs is 15. The van der Waals surface area contributed by atoms with Crippen LogP contribution in [0.4, 0.5) is 0 Å². The maximum Gasteiger partial charge on any atom is 0.143 e. The van der Waals surface area contributed by atoms with Gasteiger partial charge in [-0.15, -0.1) is 0 Å². The van der Waals surface area contributed by atoms with Crippen LogP contribution in [0.3, 0.4) is 0 Å². The quantitative estimate of drug-likeness (QED) is 0.160. The number of hydrogen-bond acceptors (Lipinski definition) is 2. The molecule has 322 valence electrons. The predicted molar refractivity (Wildman–Crippen MR) is 282 cm³/mol. The Labute approximate surface area is 405 Å². The Morgan fingerprint density at radius 2 is 1.01 bits per heavy atom. The van der Waals surface area contributed by atoms with Crippen molar-refractivity contribution >= 4 is 45.3 Å². The summed E-state index contributed by atoms with van der Waals surface area (Å²) in [4.78, 5) is 2.53. The lowest BCUT2D eigenvalue weighted by Gasteiger charge is -2.39. The Kier molecular flexibility index (Phi) is 8.67. The zero-order valence-electron chi connectivity index (χ0n) is 37.6. The number of rotatable bonds is 5. The second kappa shape index (κ2) is 14.8. The lowest BCUT2D eigenvalue weighted by atomic mass is 9.67. The van der Waals surface area contributed by atoms with E-state index in [4.69, 9.17) is 16.0 Å². The van der Waals surface area contributed by atoms with Gasteiger partial charge in [0, 0.05) is 48.0 Å². The van der Waals surface area contributed by atoms with E-state index in [2.05, 4.69) is 232 Å². The Balaban J connectivity index is 1.11. The molecule has 1 aromatic heterocycles. The highest BCUT2D eigenvalue weighted by molar-refractivity contribution is 7.99. The number of halogens is 1. The minimum absolute atomic E-state index is 0.148. The molecule has 1 nitrogen and oxygen atoms in total. The van der Waals surface area contributed by atoms with Gasteiger partial charge in [-0.1, -0.05) is 225 Å². The average Bonchev–Trinajstić information content (AvgIpc) is 4.00. The van der Waals surface area contributed by atoms with Crippen molar-refractivity contribution in [3.63, 3.8) is 0 Å². The summed E-state index contributed by atoms with van der Waals surface area (Å²) < 4.78 is 7.03. The molecule has 1 unspecified atom stereocenters. The summed E-state index contributed by atoms with van der Waals surface area (Å²) in [7, 11) is 0. The minimum atomic E-state index is -0.594. The SMILES string of the molecule is CC1(C)c2ccccc2-c2ccc(-c3ccccc3C(c3cccc4c3-c3c(Cl)cccc3C43c4ccccc4Sc4ccccc43)c3ccc(-c4ccccc4)c4oc5ccccc5c34)cc21. The zero-order chi connectivity index (χ0) is 45.3. The third-order valence-corrected chi connectivity index (χ3v) is 16.9. The molecule has 1 atom stereocenters. The summed E-state index contributed by atoms with van der Waals surface area (Å²) in [6.45, 7) is 4.74. The predicted octanol–water partition coefficient (Wildman–Crippen LogP) is 17.9. The Morgan fingerprint density at radius 3 is 1.81 bits per heavy atom. The topological polar surface area (TPSA) is 13.1 Å². The van der Waals surface area contributed by atoms with Crippen LogP contribution in [-0.4, -0.2) is 0 Å². The Bertz CT molecular complexity index is 3850. The molecule has 68 heavy (non-hydrogen) atoms. The first-order valence-corrected chi connectivity index (χ1v) is 24.8. The second-order valence-electron chi connectivity index (χ2n) is 19.1. The molecule has 11 aromatic rings. The molecule has 0 saturated carbocycles. The molecule has 3 aliphatic rings. The first-order valence-electron chi connectivity index (χ1n) is 23.6. The molecule has 1 spiro atoms. The van der Waals surface area contributed by atoms with E-state index in [1.165, 1.54) is 87.7 Å². The van der Waals surface area contributed by atoms with E-state index in [-0.39, 0.29) is 11.3 Å². The zero-order valence-corrected chi connectivity index (χ0v) is 39.1. The highest BCUT2D eigenvalue weighted by Gasteiger charge is 2.52. The largest absolute Gasteiger partial charge is 0.455 e.